The Morgan fingerprint density at radius 1 is 1.14 bits per heavy atom. The molecule has 0 atom stereocenters. The van der Waals surface area contributed by atoms with E-state index in [1.54, 1.807) is 19.1 Å². The molecule has 0 aromatic heterocycles. The van der Waals surface area contributed by atoms with Gasteiger partial charge in [-0.2, -0.15) is 8.78 Å². The number of alkyl halides is 2. The lowest BCUT2D eigenvalue weighted by molar-refractivity contribution is -0.137. The summed E-state index contributed by atoms with van der Waals surface area (Å²) in [7, 11) is 0. The molecular weight excluding hydrogens is 378 g/mol. The second-order valence-electron chi connectivity index (χ2n) is 7.91. The molecule has 162 valence electrons. The Morgan fingerprint density at radius 3 is 2.52 bits per heavy atom. The van der Waals surface area contributed by atoms with Gasteiger partial charge in [-0.1, -0.05) is 25.3 Å². The quantitative estimate of drug-likeness (QED) is 0.692. The third kappa shape index (κ3) is 6.29. The van der Waals surface area contributed by atoms with Crippen LogP contribution in [-0.4, -0.2) is 43.2 Å². The van der Waals surface area contributed by atoms with E-state index in [0.29, 0.717) is 30.9 Å². The molecule has 0 radical (unpaired) electrons. The summed E-state index contributed by atoms with van der Waals surface area (Å²) in [6.07, 6.45) is 7.58. The first kappa shape index (κ1) is 21.8. The summed E-state index contributed by atoms with van der Waals surface area (Å²) in [5.41, 5.74) is 0.954. The van der Waals surface area contributed by atoms with Crippen molar-refractivity contribution in [2.24, 2.45) is 5.92 Å². The average molecular weight is 411 g/mol. The Morgan fingerprint density at radius 2 is 1.86 bits per heavy atom. The van der Waals surface area contributed by atoms with Crippen molar-refractivity contribution in [3.05, 3.63) is 23.8 Å². The van der Waals surface area contributed by atoms with E-state index in [2.05, 4.69) is 10.1 Å². The lowest BCUT2D eigenvalue weighted by Gasteiger charge is -2.35. The van der Waals surface area contributed by atoms with Crippen LogP contribution in [0.2, 0.25) is 0 Å². The van der Waals surface area contributed by atoms with Gasteiger partial charge in [-0.05, 0) is 50.3 Å². The van der Waals surface area contributed by atoms with Crippen molar-refractivity contribution in [2.75, 3.05) is 19.7 Å². The predicted octanol–water partition coefficient (Wildman–Crippen LogP) is 4.35. The number of ether oxygens (including phenoxy) is 2. The molecule has 2 aliphatic rings. The first-order valence-corrected chi connectivity index (χ1v) is 10.8. The number of piperidine rings is 1. The molecule has 5 nitrogen and oxygen atoms in total. The predicted molar refractivity (Wildman–Crippen MR) is 107 cm³/mol. The van der Waals surface area contributed by atoms with Crippen molar-refractivity contribution in [3.8, 4) is 11.5 Å². The average Bonchev–Trinajstić information content (AvgIpc) is 2.74. The van der Waals surface area contributed by atoms with Gasteiger partial charge >= 0.3 is 6.61 Å². The number of carbonyl (C=O) groups is 1. The van der Waals surface area contributed by atoms with Crippen LogP contribution >= 0.6 is 0 Å². The minimum absolute atomic E-state index is 0.0557. The van der Waals surface area contributed by atoms with Gasteiger partial charge in [-0.3, -0.25) is 4.79 Å². The Labute approximate surface area is 171 Å². The minimum Gasteiger partial charge on any atom is -0.490 e. The number of nitrogens with one attached hydrogen (secondary N) is 1. The summed E-state index contributed by atoms with van der Waals surface area (Å²) in [5.74, 6) is 0.971. The number of nitrogens with zero attached hydrogens (tertiary/aromatic N) is 1. The lowest BCUT2D eigenvalue weighted by Crippen LogP contribution is -2.46. The van der Waals surface area contributed by atoms with E-state index in [1.807, 2.05) is 4.90 Å². The van der Waals surface area contributed by atoms with Crippen LogP contribution < -0.4 is 14.8 Å². The molecule has 1 heterocycles. The molecule has 1 aliphatic heterocycles. The molecule has 1 N–H and O–H groups in total. The number of amides is 1. The van der Waals surface area contributed by atoms with Gasteiger partial charge in [0.25, 0.3) is 0 Å². The zero-order chi connectivity index (χ0) is 20.6. The van der Waals surface area contributed by atoms with Gasteiger partial charge in [-0.25, -0.2) is 0 Å². The highest BCUT2D eigenvalue weighted by atomic mass is 19.3. The number of benzene rings is 1. The van der Waals surface area contributed by atoms with Gasteiger partial charge in [0, 0.05) is 31.6 Å². The van der Waals surface area contributed by atoms with E-state index in [4.69, 9.17) is 4.74 Å². The molecular formula is C22H32F2N2O3. The van der Waals surface area contributed by atoms with E-state index in [9.17, 15) is 13.6 Å². The van der Waals surface area contributed by atoms with Crippen LogP contribution in [0.4, 0.5) is 8.78 Å². The highest BCUT2D eigenvalue weighted by Crippen LogP contribution is 2.30. The van der Waals surface area contributed by atoms with Gasteiger partial charge < -0.3 is 19.7 Å². The number of hydrogen-bond acceptors (Lipinski definition) is 4. The largest absolute Gasteiger partial charge is 0.490 e. The van der Waals surface area contributed by atoms with Crippen molar-refractivity contribution in [1.82, 2.24) is 10.2 Å². The van der Waals surface area contributed by atoms with Gasteiger partial charge in [-0.15, -0.1) is 0 Å². The Kier molecular flexibility index (Phi) is 8.09. The number of likely N-dealkylation sites (tertiary alicyclic amines) is 1. The first-order valence-electron chi connectivity index (χ1n) is 10.8. The van der Waals surface area contributed by atoms with Crippen LogP contribution in [0.1, 0.15) is 57.4 Å². The van der Waals surface area contributed by atoms with Gasteiger partial charge in [0.2, 0.25) is 5.91 Å². The number of hydrogen-bond donors (Lipinski definition) is 1. The highest BCUT2D eigenvalue weighted by Gasteiger charge is 2.29. The summed E-state index contributed by atoms with van der Waals surface area (Å²) in [6, 6.07) is 5.39. The molecule has 1 aliphatic carbocycles. The van der Waals surface area contributed by atoms with Crippen LogP contribution in [0.3, 0.4) is 0 Å². The summed E-state index contributed by atoms with van der Waals surface area (Å²) in [6.45, 7) is 1.54. The fourth-order valence-electron chi connectivity index (χ4n) is 4.30. The molecule has 3 rings (SSSR count). The van der Waals surface area contributed by atoms with E-state index >= 15 is 0 Å². The van der Waals surface area contributed by atoms with E-state index in [1.165, 1.54) is 25.3 Å². The fraction of sp³-hybridized carbons (Fsp3) is 0.682. The van der Waals surface area contributed by atoms with Crippen LogP contribution in [-0.2, 0) is 11.3 Å². The third-order valence-corrected chi connectivity index (χ3v) is 5.88. The molecule has 7 heteroatoms. The molecule has 1 aromatic carbocycles. The topological polar surface area (TPSA) is 50.8 Å². The SMILES string of the molecule is CCOc1cc(CNC2CCN(C(=O)C3CCCCC3)CC2)ccc1OC(F)F. The van der Waals surface area contributed by atoms with E-state index < -0.39 is 6.61 Å². The summed E-state index contributed by atoms with van der Waals surface area (Å²) >= 11 is 0. The maximum Gasteiger partial charge on any atom is 0.387 e. The standard InChI is InChI=1S/C22H32F2N2O3/c1-2-28-20-14-16(8-9-19(20)29-22(23)24)15-25-18-10-12-26(13-11-18)21(27)17-6-4-3-5-7-17/h8-9,14,17-18,22,25H,2-7,10-13,15H2,1H3. The second kappa shape index (κ2) is 10.8. The summed E-state index contributed by atoms with van der Waals surface area (Å²) in [4.78, 5) is 14.7. The van der Waals surface area contributed by atoms with E-state index in [-0.39, 0.29) is 11.7 Å². The van der Waals surface area contributed by atoms with Crippen LogP contribution in [0.15, 0.2) is 18.2 Å². The molecule has 0 bridgehead atoms. The van der Waals surface area contributed by atoms with Crippen LogP contribution in [0, 0.1) is 5.92 Å². The third-order valence-electron chi connectivity index (χ3n) is 5.88. The molecule has 1 amide bonds. The van der Waals surface area contributed by atoms with Gasteiger partial charge in [0.05, 0.1) is 6.61 Å². The normalized spacial score (nSPS) is 18.8. The molecule has 0 spiro atoms. The smallest absolute Gasteiger partial charge is 0.387 e. The summed E-state index contributed by atoms with van der Waals surface area (Å²) in [5, 5.41) is 3.52. The van der Waals surface area contributed by atoms with Crippen molar-refractivity contribution in [3.63, 3.8) is 0 Å². The van der Waals surface area contributed by atoms with Gasteiger partial charge in [0.1, 0.15) is 0 Å². The van der Waals surface area contributed by atoms with Crippen LogP contribution in [0.25, 0.3) is 0 Å². The maximum absolute atomic E-state index is 12.7. The molecule has 2 fully saturated rings. The molecule has 29 heavy (non-hydrogen) atoms. The Hall–Kier alpha value is -1.89. The van der Waals surface area contributed by atoms with Crippen molar-refractivity contribution in [1.29, 1.82) is 0 Å². The zero-order valence-electron chi connectivity index (χ0n) is 17.2. The second-order valence-corrected chi connectivity index (χ2v) is 7.91. The Bertz CT molecular complexity index is 657. The first-order chi connectivity index (χ1) is 14.1. The molecule has 0 unspecified atom stereocenters. The monoisotopic (exact) mass is 410 g/mol. The molecule has 1 aromatic rings. The highest BCUT2D eigenvalue weighted by molar-refractivity contribution is 5.79. The molecule has 1 saturated carbocycles. The summed E-state index contributed by atoms with van der Waals surface area (Å²) < 4.78 is 35.0. The Balaban J connectivity index is 1.47. The van der Waals surface area contributed by atoms with E-state index in [0.717, 1.165) is 44.3 Å². The lowest BCUT2D eigenvalue weighted by atomic mass is 9.87. The number of halogens is 2. The van der Waals surface area contributed by atoms with Gasteiger partial charge in [0.15, 0.2) is 11.5 Å². The fourth-order valence-corrected chi connectivity index (χ4v) is 4.30. The maximum atomic E-state index is 12.7. The zero-order valence-corrected chi connectivity index (χ0v) is 17.2. The van der Waals surface area contributed by atoms with Crippen molar-refractivity contribution >= 4 is 5.91 Å². The van der Waals surface area contributed by atoms with Crippen molar-refractivity contribution in [2.45, 2.75) is 71.1 Å². The number of rotatable bonds is 8. The minimum atomic E-state index is -2.88. The molecule has 1 saturated heterocycles. The van der Waals surface area contributed by atoms with Crippen molar-refractivity contribution < 1.29 is 23.0 Å². The van der Waals surface area contributed by atoms with Crippen LogP contribution in [0.5, 0.6) is 11.5 Å². The number of carbonyl (C=O) groups excluding carboxylic acids is 1.